The van der Waals surface area contributed by atoms with Crippen molar-refractivity contribution in [3.8, 4) is 0 Å². The normalized spacial score (nSPS) is 23.1. The molecule has 0 aromatic heterocycles. The number of carbonyl (C=O) groups excluding carboxylic acids is 1. The van der Waals surface area contributed by atoms with Crippen LogP contribution in [-0.4, -0.2) is 30.9 Å². The highest BCUT2D eigenvalue weighted by Crippen LogP contribution is 2.27. The first-order valence-electron chi connectivity index (χ1n) is 6.23. The van der Waals surface area contributed by atoms with Crippen LogP contribution < -0.4 is 5.32 Å². The largest absolute Gasteiger partial charge is 0.341 e. The summed E-state index contributed by atoms with van der Waals surface area (Å²) in [7, 11) is 1.73. The molecule has 98 valence electrons. The zero-order valence-corrected chi connectivity index (χ0v) is 10.9. The maximum Gasteiger partial charge on any atom is 0.229 e. The van der Waals surface area contributed by atoms with E-state index in [0.717, 1.165) is 13.0 Å². The Morgan fingerprint density at radius 3 is 2.83 bits per heavy atom. The Kier molecular flexibility index (Phi) is 3.66. The van der Waals surface area contributed by atoms with E-state index in [2.05, 4.69) is 5.32 Å². The molecule has 3 nitrogen and oxygen atoms in total. The maximum absolute atomic E-state index is 13.5. The molecular weight excluding hydrogens is 231 g/mol. The second-order valence-electron chi connectivity index (χ2n) is 5.24. The molecule has 4 heteroatoms. The minimum absolute atomic E-state index is 0.0794. The first-order valence-corrected chi connectivity index (χ1v) is 6.23. The molecule has 18 heavy (non-hydrogen) atoms. The number of nitrogens with zero attached hydrogens (tertiary/aromatic N) is 1. The molecule has 0 bridgehead atoms. The van der Waals surface area contributed by atoms with Crippen LogP contribution in [0.15, 0.2) is 24.3 Å². The fraction of sp³-hybridized carbons (Fsp3) is 0.500. The van der Waals surface area contributed by atoms with Crippen molar-refractivity contribution in [3.05, 3.63) is 35.6 Å². The lowest BCUT2D eigenvalue weighted by Gasteiger charge is -2.28. The number of carbonyl (C=O) groups is 1. The number of halogens is 1. The molecule has 0 saturated carbocycles. The van der Waals surface area contributed by atoms with Crippen LogP contribution >= 0.6 is 0 Å². The van der Waals surface area contributed by atoms with Crippen LogP contribution in [0.1, 0.15) is 18.9 Å². The van der Waals surface area contributed by atoms with Crippen molar-refractivity contribution in [1.29, 1.82) is 0 Å². The Bertz CT molecular complexity index is 441. The van der Waals surface area contributed by atoms with Crippen molar-refractivity contribution in [2.24, 2.45) is 5.41 Å². The van der Waals surface area contributed by atoms with Gasteiger partial charge in [-0.2, -0.15) is 0 Å². The summed E-state index contributed by atoms with van der Waals surface area (Å²) in [6.07, 6.45) is 0.841. The van der Waals surface area contributed by atoms with Gasteiger partial charge >= 0.3 is 0 Å². The molecule has 1 aliphatic rings. The van der Waals surface area contributed by atoms with E-state index in [1.807, 2.05) is 6.92 Å². The van der Waals surface area contributed by atoms with E-state index in [1.54, 1.807) is 30.1 Å². The first kappa shape index (κ1) is 13.0. The predicted molar refractivity (Wildman–Crippen MR) is 68.5 cm³/mol. The van der Waals surface area contributed by atoms with Crippen LogP contribution in [0.2, 0.25) is 0 Å². The van der Waals surface area contributed by atoms with Crippen molar-refractivity contribution in [2.75, 3.05) is 20.1 Å². The van der Waals surface area contributed by atoms with Gasteiger partial charge in [-0.25, -0.2) is 4.39 Å². The summed E-state index contributed by atoms with van der Waals surface area (Å²) in [5.74, 6) is -0.178. The second kappa shape index (κ2) is 5.06. The van der Waals surface area contributed by atoms with Gasteiger partial charge in [0.25, 0.3) is 0 Å². The Labute approximate surface area is 107 Å². The summed E-state index contributed by atoms with van der Waals surface area (Å²) in [6.45, 7) is 3.86. The minimum Gasteiger partial charge on any atom is -0.341 e. The van der Waals surface area contributed by atoms with Gasteiger partial charge in [-0.05, 0) is 26.0 Å². The van der Waals surface area contributed by atoms with Gasteiger partial charge in [-0.3, -0.25) is 4.79 Å². The van der Waals surface area contributed by atoms with Crippen molar-refractivity contribution in [1.82, 2.24) is 10.2 Å². The SMILES string of the molecule is CN(Cc1ccccc1F)C(=O)C1(C)CCNC1. The van der Waals surface area contributed by atoms with Gasteiger partial charge in [0.1, 0.15) is 5.82 Å². The summed E-state index contributed by atoms with van der Waals surface area (Å²) in [6, 6.07) is 6.58. The zero-order valence-electron chi connectivity index (χ0n) is 10.9. The molecule has 0 radical (unpaired) electrons. The molecule has 1 amide bonds. The molecule has 1 heterocycles. The lowest BCUT2D eigenvalue weighted by Crippen LogP contribution is -2.41. The summed E-state index contributed by atoms with van der Waals surface area (Å²) >= 11 is 0. The average molecular weight is 250 g/mol. The quantitative estimate of drug-likeness (QED) is 0.887. The molecular formula is C14H19FN2O. The van der Waals surface area contributed by atoms with Crippen LogP contribution in [0.4, 0.5) is 4.39 Å². The third-order valence-electron chi connectivity index (χ3n) is 3.60. The van der Waals surface area contributed by atoms with Crippen molar-refractivity contribution < 1.29 is 9.18 Å². The molecule has 2 rings (SSSR count). The third kappa shape index (κ3) is 2.53. The van der Waals surface area contributed by atoms with E-state index in [1.165, 1.54) is 6.07 Å². The number of benzene rings is 1. The van der Waals surface area contributed by atoms with Gasteiger partial charge in [0.05, 0.1) is 5.41 Å². The number of nitrogens with one attached hydrogen (secondary N) is 1. The molecule has 1 saturated heterocycles. The maximum atomic E-state index is 13.5. The van der Waals surface area contributed by atoms with E-state index >= 15 is 0 Å². The molecule has 1 fully saturated rings. The molecule has 1 aromatic carbocycles. The van der Waals surface area contributed by atoms with Gasteiger partial charge in [0.2, 0.25) is 5.91 Å². The van der Waals surface area contributed by atoms with Gasteiger partial charge < -0.3 is 10.2 Å². The zero-order chi connectivity index (χ0) is 13.2. The van der Waals surface area contributed by atoms with Gasteiger partial charge in [-0.15, -0.1) is 0 Å². The topological polar surface area (TPSA) is 32.3 Å². The molecule has 1 aromatic rings. The fourth-order valence-corrected chi connectivity index (χ4v) is 2.41. The third-order valence-corrected chi connectivity index (χ3v) is 3.60. The fourth-order valence-electron chi connectivity index (χ4n) is 2.41. The molecule has 0 spiro atoms. The van der Waals surface area contributed by atoms with E-state index in [0.29, 0.717) is 18.7 Å². The monoisotopic (exact) mass is 250 g/mol. The summed E-state index contributed by atoms with van der Waals surface area (Å²) in [4.78, 5) is 14.0. The molecule has 1 N–H and O–H groups in total. The Balaban J connectivity index is 2.06. The smallest absolute Gasteiger partial charge is 0.229 e. The molecule has 1 atom stereocenters. The molecule has 1 aliphatic heterocycles. The number of hydrogen-bond acceptors (Lipinski definition) is 2. The lowest BCUT2D eigenvalue weighted by atomic mass is 9.88. The van der Waals surface area contributed by atoms with E-state index < -0.39 is 0 Å². The van der Waals surface area contributed by atoms with E-state index in [4.69, 9.17) is 0 Å². The highest BCUT2D eigenvalue weighted by molar-refractivity contribution is 5.82. The second-order valence-corrected chi connectivity index (χ2v) is 5.24. The van der Waals surface area contributed by atoms with Crippen molar-refractivity contribution >= 4 is 5.91 Å². The van der Waals surface area contributed by atoms with Crippen LogP contribution in [-0.2, 0) is 11.3 Å². The van der Waals surface area contributed by atoms with E-state index in [9.17, 15) is 9.18 Å². The Morgan fingerprint density at radius 2 is 2.22 bits per heavy atom. The van der Waals surface area contributed by atoms with Crippen LogP contribution in [0.5, 0.6) is 0 Å². The summed E-state index contributed by atoms with van der Waals surface area (Å²) < 4.78 is 13.5. The predicted octanol–water partition coefficient (Wildman–Crippen LogP) is 1.78. The van der Waals surface area contributed by atoms with Crippen LogP contribution in [0.25, 0.3) is 0 Å². The molecule has 0 aliphatic carbocycles. The Hall–Kier alpha value is -1.42. The highest BCUT2D eigenvalue weighted by atomic mass is 19.1. The summed E-state index contributed by atoms with van der Waals surface area (Å²) in [5, 5.41) is 3.20. The van der Waals surface area contributed by atoms with Gasteiger partial charge in [-0.1, -0.05) is 18.2 Å². The van der Waals surface area contributed by atoms with Gasteiger partial charge in [0.15, 0.2) is 0 Å². The van der Waals surface area contributed by atoms with Gasteiger partial charge in [0, 0.05) is 25.7 Å². The summed E-state index contributed by atoms with van der Waals surface area (Å²) in [5.41, 5.74) is 0.211. The first-order chi connectivity index (χ1) is 8.53. The highest BCUT2D eigenvalue weighted by Gasteiger charge is 2.38. The lowest BCUT2D eigenvalue weighted by molar-refractivity contribution is -0.139. The van der Waals surface area contributed by atoms with Crippen molar-refractivity contribution in [3.63, 3.8) is 0 Å². The minimum atomic E-state index is -0.347. The number of amides is 1. The van der Waals surface area contributed by atoms with E-state index in [-0.39, 0.29) is 17.1 Å². The molecule has 1 unspecified atom stereocenters. The van der Waals surface area contributed by atoms with Crippen LogP contribution in [0.3, 0.4) is 0 Å². The van der Waals surface area contributed by atoms with Crippen LogP contribution in [0, 0.1) is 11.2 Å². The van der Waals surface area contributed by atoms with Crippen molar-refractivity contribution in [2.45, 2.75) is 19.9 Å². The number of rotatable bonds is 3. The standard InChI is InChI=1S/C14H19FN2O/c1-14(7-8-16-10-14)13(18)17(2)9-11-5-3-4-6-12(11)15/h3-6,16H,7-10H2,1-2H3. The number of hydrogen-bond donors (Lipinski definition) is 1. The Morgan fingerprint density at radius 1 is 1.50 bits per heavy atom. The average Bonchev–Trinajstić information content (AvgIpc) is 2.79.